The lowest BCUT2D eigenvalue weighted by atomic mass is 9.76. The van der Waals surface area contributed by atoms with Crippen LogP contribution in [0.5, 0.6) is 0 Å². The van der Waals surface area contributed by atoms with Gasteiger partial charge in [0.15, 0.2) is 6.10 Å². The number of ether oxygens (including phenoxy) is 3. The first kappa shape index (κ1) is 16.0. The quantitative estimate of drug-likeness (QED) is 0.573. The van der Waals surface area contributed by atoms with Crippen molar-refractivity contribution in [2.75, 3.05) is 6.61 Å². The van der Waals surface area contributed by atoms with Crippen LogP contribution in [0.3, 0.4) is 0 Å². The molecule has 0 radical (unpaired) electrons. The van der Waals surface area contributed by atoms with Crippen LogP contribution in [0.25, 0.3) is 0 Å². The molecule has 0 spiro atoms. The molecule has 122 valence electrons. The Hall–Kier alpha value is -1.90. The van der Waals surface area contributed by atoms with Crippen LogP contribution in [-0.4, -0.2) is 50.3 Å². The smallest absolute Gasteiger partial charge is 0.457 e. The molecule has 0 saturated carbocycles. The largest absolute Gasteiger partial charge is 0.494 e. The number of hydrogen-bond donors (Lipinski definition) is 0. The molecule has 23 heavy (non-hydrogen) atoms. The highest BCUT2D eigenvalue weighted by Gasteiger charge is 2.53. The van der Waals surface area contributed by atoms with Gasteiger partial charge >= 0.3 is 19.1 Å². The molecular weight excluding hydrogens is 303 g/mol. The Bertz CT molecular complexity index is 578. The molecule has 4 atom stereocenters. The van der Waals surface area contributed by atoms with Crippen molar-refractivity contribution in [1.29, 1.82) is 0 Å². The van der Waals surface area contributed by atoms with Crippen LogP contribution >= 0.6 is 0 Å². The summed E-state index contributed by atoms with van der Waals surface area (Å²) in [5.41, 5.74) is 0.826. The first-order valence-corrected chi connectivity index (χ1v) is 7.36. The summed E-state index contributed by atoms with van der Waals surface area (Å²) < 4.78 is 27.6. The number of carbonyl (C=O) groups is 2. The highest BCUT2D eigenvalue weighted by Crippen LogP contribution is 2.29. The molecule has 2 fully saturated rings. The third kappa shape index (κ3) is 3.55. The van der Waals surface area contributed by atoms with E-state index in [4.69, 9.17) is 23.5 Å². The van der Waals surface area contributed by atoms with Crippen molar-refractivity contribution in [3.63, 3.8) is 0 Å². The van der Waals surface area contributed by atoms with Gasteiger partial charge in [0.05, 0.1) is 6.61 Å². The van der Waals surface area contributed by atoms with Gasteiger partial charge in [0.1, 0.15) is 12.2 Å². The van der Waals surface area contributed by atoms with E-state index in [0.717, 1.165) is 5.46 Å². The zero-order valence-corrected chi connectivity index (χ0v) is 12.8. The summed E-state index contributed by atoms with van der Waals surface area (Å²) in [6.07, 6.45) is -2.87. The van der Waals surface area contributed by atoms with Crippen LogP contribution in [0.15, 0.2) is 30.3 Å². The molecule has 2 aliphatic heterocycles. The predicted octanol–water partition coefficient (Wildman–Crippen LogP) is 0.0169. The summed E-state index contributed by atoms with van der Waals surface area (Å²) in [6, 6.07) is 9.37. The van der Waals surface area contributed by atoms with Crippen molar-refractivity contribution in [2.45, 2.75) is 38.4 Å². The van der Waals surface area contributed by atoms with Crippen LogP contribution in [0.2, 0.25) is 0 Å². The topological polar surface area (TPSA) is 80.3 Å². The number of carbonyl (C=O) groups excluding carboxylic acids is 2. The predicted molar refractivity (Wildman–Crippen MR) is 78.6 cm³/mol. The summed E-state index contributed by atoms with van der Waals surface area (Å²) in [7, 11) is -0.639. The molecule has 4 unspecified atom stereocenters. The van der Waals surface area contributed by atoms with Gasteiger partial charge in [-0.25, -0.2) is 0 Å². The van der Waals surface area contributed by atoms with Gasteiger partial charge in [-0.15, -0.1) is 0 Å². The Morgan fingerprint density at radius 1 is 1.09 bits per heavy atom. The molecule has 3 rings (SSSR count). The Balaban J connectivity index is 1.83. The molecule has 7 nitrogen and oxygen atoms in total. The Morgan fingerprint density at radius 3 is 2.43 bits per heavy atom. The number of rotatable bonds is 3. The third-order valence-electron chi connectivity index (χ3n) is 3.62. The molecule has 0 aliphatic carbocycles. The zero-order valence-electron chi connectivity index (χ0n) is 12.8. The summed E-state index contributed by atoms with van der Waals surface area (Å²) in [5, 5.41) is 0. The lowest BCUT2D eigenvalue weighted by molar-refractivity contribution is -0.276. The minimum atomic E-state index is -0.941. The summed E-state index contributed by atoms with van der Waals surface area (Å²) in [6.45, 7) is 2.73. The lowest BCUT2D eigenvalue weighted by Gasteiger charge is -2.46. The maximum atomic E-state index is 11.3. The fourth-order valence-corrected chi connectivity index (χ4v) is 2.70. The van der Waals surface area contributed by atoms with Crippen LogP contribution in [0, 0.1) is 0 Å². The average Bonchev–Trinajstić information content (AvgIpc) is 2.50. The van der Waals surface area contributed by atoms with Crippen molar-refractivity contribution in [1.82, 2.24) is 0 Å². The van der Waals surface area contributed by atoms with Gasteiger partial charge in [-0.1, -0.05) is 30.3 Å². The van der Waals surface area contributed by atoms with Gasteiger partial charge in [0.25, 0.3) is 0 Å². The van der Waals surface area contributed by atoms with E-state index in [2.05, 4.69) is 0 Å². The van der Waals surface area contributed by atoms with E-state index in [9.17, 15) is 9.59 Å². The normalized spacial score (nSPS) is 29.7. The van der Waals surface area contributed by atoms with E-state index >= 15 is 0 Å². The Morgan fingerprint density at radius 2 is 1.78 bits per heavy atom. The molecule has 8 heteroatoms. The van der Waals surface area contributed by atoms with E-state index in [-0.39, 0.29) is 6.61 Å². The lowest BCUT2D eigenvalue weighted by Crippen LogP contribution is -2.66. The van der Waals surface area contributed by atoms with Gasteiger partial charge in [-0.3, -0.25) is 9.59 Å². The highest BCUT2D eigenvalue weighted by molar-refractivity contribution is 6.61. The van der Waals surface area contributed by atoms with E-state index in [0.29, 0.717) is 0 Å². The van der Waals surface area contributed by atoms with Crippen LogP contribution < -0.4 is 5.46 Å². The minimum Gasteiger partial charge on any atom is -0.457 e. The molecule has 2 saturated heterocycles. The Kier molecular flexibility index (Phi) is 4.65. The molecule has 1 aromatic rings. The monoisotopic (exact) mass is 320 g/mol. The Labute approximate surface area is 133 Å². The zero-order chi connectivity index (χ0) is 16.4. The maximum Gasteiger partial charge on any atom is 0.494 e. The number of fused-ring (bicyclic) bond motifs is 2. The fraction of sp³-hybridized carbons (Fsp3) is 0.467. The van der Waals surface area contributed by atoms with Crippen LogP contribution in [-0.2, 0) is 33.1 Å². The summed E-state index contributed by atoms with van der Waals surface area (Å²) in [5.74, 6) is -0.958. The number of esters is 2. The molecule has 0 N–H and O–H groups in total. The number of benzene rings is 1. The van der Waals surface area contributed by atoms with E-state index in [1.54, 1.807) is 0 Å². The molecule has 0 amide bonds. The molecular formula is C15H17BO7. The van der Waals surface area contributed by atoms with Crippen LogP contribution in [0.4, 0.5) is 0 Å². The van der Waals surface area contributed by atoms with E-state index in [1.165, 1.54) is 13.8 Å². The number of hydrogen-bond acceptors (Lipinski definition) is 7. The second-order valence-corrected chi connectivity index (χ2v) is 5.40. The molecule has 1 aromatic carbocycles. The van der Waals surface area contributed by atoms with Crippen molar-refractivity contribution >= 4 is 24.5 Å². The standard InChI is InChI=1S/C15H17BO7/c1-9(17)20-13-12-8-19-15(21-10(2)18)14(13)23-16(22-12)11-6-4-3-5-7-11/h3-7,12-15H,8H2,1-2H3. The van der Waals surface area contributed by atoms with E-state index in [1.807, 2.05) is 30.3 Å². The van der Waals surface area contributed by atoms with Gasteiger partial charge in [-0.2, -0.15) is 0 Å². The first-order chi connectivity index (χ1) is 11.0. The fourth-order valence-electron chi connectivity index (χ4n) is 2.70. The van der Waals surface area contributed by atoms with Gasteiger partial charge in [-0.05, 0) is 5.46 Å². The summed E-state index contributed by atoms with van der Waals surface area (Å²) >= 11 is 0. The van der Waals surface area contributed by atoms with Crippen molar-refractivity contribution < 1.29 is 33.1 Å². The second-order valence-electron chi connectivity index (χ2n) is 5.40. The molecule has 2 heterocycles. The van der Waals surface area contributed by atoms with Gasteiger partial charge < -0.3 is 23.5 Å². The minimum absolute atomic E-state index is 0.138. The molecule has 2 aliphatic rings. The third-order valence-corrected chi connectivity index (χ3v) is 3.62. The van der Waals surface area contributed by atoms with Crippen LogP contribution in [0.1, 0.15) is 13.8 Å². The molecule has 0 aromatic heterocycles. The van der Waals surface area contributed by atoms with Crippen molar-refractivity contribution in [3.05, 3.63) is 30.3 Å². The summed E-state index contributed by atoms with van der Waals surface area (Å²) in [4.78, 5) is 22.6. The molecule has 2 bridgehead atoms. The highest BCUT2D eigenvalue weighted by atomic mass is 16.8. The van der Waals surface area contributed by atoms with Gasteiger partial charge in [0.2, 0.25) is 6.29 Å². The second kappa shape index (κ2) is 6.70. The maximum absolute atomic E-state index is 11.3. The van der Waals surface area contributed by atoms with Crippen molar-refractivity contribution in [3.8, 4) is 0 Å². The van der Waals surface area contributed by atoms with Gasteiger partial charge in [0, 0.05) is 13.8 Å². The van der Waals surface area contributed by atoms with Crippen molar-refractivity contribution in [2.24, 2.45) is 0 Å². The van der Waals surface area contributed by atoms with E-state index < -0.39 is 43.7 Å². The SMILES string of the molecule is CC(=O)OC1OCC2OB(c3ccccc3)OC1C2OC(C)=O. The average molecular weight is 320 g/mol. The first-order valence-electron chi connectivity index (χ1n) is 7.36.